The van der Waals surface area contributed by atoms with E-state index in [0.29, 0.717) is 6.54 Å². The lowest BCUT2D eigenvalue weighted by atomic mass is 10.2. The van der Waals surface area contributed by atoms with E-state index in [4.69, 9.17) is 4.74 Å². The molecule has 0 unspecified atom stereocenters. The summed E-state index contributed by atoms with van der Waals surface area (Å²) in [6.45, 7) is 7.11. The number of rotatable bonds is 8. The SMILES string of the molecule is CCCn1ccc(CNCC(F)(F)CNC(=O)OC(C)(C)C)c1. The molecule has 0 aliphatic heterocycles. The minimum Gasteiger partial charge on any atom is -0.444 e. The van der Waals surface area contributed by atoms with Crippen LogP contribution in [0.2, 0.25) is 0 Å². The van der Waals surface area contributed by atoms with Crippen LogP contribution in [0.3, 0.4) is 0 Å². The Labute approximate surface area is 136 Å². The third kappa shape index (κ3) is 8.54. The molecule has 1 amide bonds. The predicted octanol–water partition coefficient (Wildman–Crippen LogP) is 3.15. The van der Waals surface area contributed by atoms with Crippen molar-refractivity contribution in [2.24, 2.45) is 0 Å². The Balaban J connectivity index is 2.30. The van der Waals surface area contributed by atoms with E-state index in [0.717, 1.165) is 18.5 Å². The molecule has 2 N–H and O–H groups in total. The zero-order valence-electron chi connectivity index (χ0n) is 14.3. The van der Waals surface area contributed by atoms with Gasteiger partial charge in [0.2, 0.25) is 0 Å². The zero-order valence-corrected chi connectivity index (χ0v) is 14.3. The van der Waals surface area contributed by atoms with E-state index in [1.807, 2.05) is 23.0 Å². The lowest BCUT2D eigenvalue weighted by molar-refractivity contribution is -0.00376. The number of aryl methyl sites for hydroxylation is 1. The van der Waals surface area contributed by atoms with E-state index >= 15 is 0 Å². The Kier molecular flexibility index (Phi) is 7.00. The Morgan fingerprint density at radius 3 is 2.61 bits per heavy atom. The lowest BCUT2D eigenvalue weighted by Crippen LogP contribution is -2.44. The Morgan fingerprint density at radius 2 is 2.00 bits per heavy atom. The number of ether oxygens (including phenoxy) is 1. The first-order chi connectivity index (χ1) is 10.6. The predicted molar refractivity (Wildman–Crippen MR) is 85.6 cm³/mol. The minimum atomic E-state index is -3.04. The van der Waals surface area contributed by atoms with Crippen LogP contribution in [0, 0.1) is 0 Å². The van der Waals surface area contributed by atoms with Crippen LogP contribution < -0.4 is 10.6 Å². The fourth-order valence-electron chi connectivity index (χ4n) is 1.96. The molecule has 0 radical (unpaired) electrons. The highest BCUT2D eigenvalue weighted by Gasteiger charge is 2.30. The second-order valence-electron chi connectivity index (χ2n) is 6.57. The lowest BCUT2D eigenvalue weighted by Gasteiger charge is -2.22. The van der Waals surface area contributed by atoms with Crippen molar-refractivity contribution in [3.05, 3.63) is 24.0 Å². The monoisotopic (exact) mass is 331 g/mol. The third-order valence-corrected chi connectivity index (χ3v) is 2.90. The van der Waals surface area contributed by atoms with E-state index in [2.05, 4.69) is 17.6 Å². The molecule has 0 aliphatic carbocycles. The molecule has 1 heterocycles. The molecule has 0 saturated carbocycles. The first-order valence-electron chi connectivity index (χ1n) is 7.81. The normalized spacial score (nSPS) is 12.3. The van der Waals surface area contributed by atoms with Crippen LogP contribution in [0.15, 0.2) is 18.5 Å². The van der Waals surface area contributed by atoms with Gasteiger partial charge in [0.05, 0.1) is 13.1 Å². The van der Waals surface area contributed by atoms with Crippen molar-refractivity contribution in [3.63, 3.8) is 0 Å². The van der Waals surface area contributed by atoms with Crippen molar-refractivity contribution in [1.29, 1.82) is 0 Å². The molecule has 0 atom stereocenters. The summed E-state index contributed by atoms with van der Waals surface area (Å²) < 4.78 is 34.4. The largest absolute Gasteiger partial charge is 0.444 e. The number of nitrogens with zero attached hydrogens (tertiary/aromatic N) is 1. The number of halogens is 2. The average Bonchev–Trinajstić information content (AvgIpc) is 2.83. The molecule has 0 fully saturated rings. The van der Waals surface area contributed by atoms with Crippen LogP contribution in [-0.2, 0) is 17.8 Å². The zero-order chi connectivity index (χ0) is 17.5. The molecule has 0 bridgehead atoms. The molecule has 23 heavy (non-hydrogen) atoms. The molecule has 7 heteroatoms. The number of hydrogen-bond donors (Lipinski definition) is 2. The first-order valence-corrected chi connectivity index (χ1v) is 7.81. The average molecular weight is 331 g/mol. The highest BCUT2D eigenvalue weighted by Crippen LogP contribution is 2.12. The topological polar surface area (TPSA) is 55.3 Å². The van der Waals surface area contributed by atoms with Crippen LogP contribution in [0.25, 0.3) is 0 Å². The summed E-state index contributed by atoms with van der Waals surface area (Å²) in [5.74, 6) is -3.04. The van der Waals surface area contributed by atoms with Crippen molar-refractivity contribution in [1.82, 2.24) is 15.2 Å². The molecule has 1 rings (SSSR count). The van der Waals surface area contributed by atoms with E-state index < -0.39 is 30.7 Å². The van der Waals surface area contributed by atoms with Gasteiger partial charge in [-0.15, -0.1) is 0 Å². The van der Waals surface area contributed by atoms with Gasteiger partial charge in [-0.1, -0.05) is 6.92 Å². The van der Waals surface area contributed by atoms with Gasteiger partial charge in [0.15, 0.2) is 0 Å². The number of alkyl halides is 2. The van der Waals surface area contributed by atoms with Crippen molar-refractivity contribution in [2.45, 2.75) is 58.7 Å². The Morgan fingerprint density at radius 1 is 1.30 bits per heavy atom. The molecular formula is C16H27F2N3O2. The summed E-state index contributed by atoms with van der Waals surface area (Å²) in [7, 11) is 0. The smallest absolute Gasteiger partial charge is 0.407 e. The molecule has 1 aromatic rings. The summed E-state index contributed by atoms with van der Waals surface area (Å²) in [6, 6.07) is 1.90. The van der Waals surface area contributed by atoms with Crippen LogP contribution in [0.4, 0.5) is 13.6 Å². The van der Waals surface area contributed by atoms with E-state index in [1.165, 1.54) is 0 Å². The molecule has 0 spiro atoms. The molecule has 0 aliphatic rings. The number of nitrogens with one attached hydrogen (secondary N) is 2. The van der Waals surface area contributed by atoms with Crippen LogP contribution in [-0.4, -0.2) is 35.3 Å². The number of carbonyl (C=O) groups is 1. The maximum Gasteiger partial charge on any atom is 0.407 e. The van der Waals surface area contributed by atoms with Gasteiger partial charge in [0, 0.05) is 25.5 Å². The summed E-state index contributed by atoms with van der Waals surface area (Å²) >= 11 is 0. The third-order valence-electron chi connectivity index (χ3n) is 2.90. The van der Waals surface area contributed by atoms with Gasteiger partial charge in [-0.2, -0.15) is 0 Å². The van der Waals surface area contributed by atoms with E-state index in [9.17, 15) is 13.6 Å². The summed E-state index contributed by atoms with van der Waals surface area (Å²) in [6.07, 6.45) is 4.06. The van der Waals surface area contributed by atoms with E-state index in [1.54, 1.807) is 20.8 Å². The molecule has 0 saturated heterocycles. The van der Waals surface area contributed by atoms with Gasteiger partial charge in [-0.05, 0) is 38.8 Å². The molecule has 1 aromatic heterocycles. The van der Waals surface area contributed by atoms with Crippen molar-refractivity contribution in [2.75, 3.05) is 13.1 Å². The summed E-state index contributed by atoms with van der Waals surface area (Å²) in [4.78, 5) is 11.4. The fraction of sp³-hybridized carbons (Fsp3) is 0.688. The summed E-state index contributed by atoms with van der Waals surface area (Å²) in [5, 5.41) is 4.81. The van der Waals surface area contributed by atoms with Crippen LogP contribution in [0.5, 0.6) is 0 Å². The molecule has 132 valence electrons. The summed E-state index contributed by atoms with van der Waals surface area (Å²) in [5.41, 5.74) is 0.248. The van der Waals surface area contributed by atoms with Gasteiger partial charge >= 0.3 is 6.09 Å². The Hall–Kier alpha value is -1.63. The number of amides is 1. The molecular weight excluding hydrogens is 304 g/mol. The second kappa shape index (κ2) is 8.29. The Bertz CT molecular complexity index is 496. The second-order valence-corrected chi connectivity index (χ2v) is 6.57. The maximum atomic E-state index is 13.7. The highest BCUT2D eigenvalue weighted by atomic mass is 19.3. The number of aromatic nitrogens is 1. The highest BCUT2D eigenvalue weighted by molar-refractivity contribution is 5.67. The van der Waals surface area contributed by atoms with Gasteiger partial charge < -0.3 is 19.9 Å². The van der Waals surface area contributed by atoms with Crippen molar-refractivity contribution >= 4 is 6.09 Å². The maximum absolute atomic E-state index is 13.7. The number of carbonyl (C=O) groups excluding carboxylic acids is 1. The standard InChI is InChI=1S/C16H27F2N3O2/c1-5-7-21-8-6-13(10-21)9-19-11-16(17,18)12-20-14(22)23-15(2,3)4/h6,8,10,19H,5,7,9,11-12H2,1-4H3,(H,20,22). The molecule has 5 nitrogen and oxygen atoms in total. The molecule has 0 aromatic carbocycles. The fourth-order valence-corrected chi connectivity index (χ4v) is 1.96. The van der Waals surface area contributed by atoms with Gasteiger partial charge in [-0.3, -0.25) is 0 Å². The van der Waals surface area contributed by atoms with Crippen LogP contribution >= 0.6 is 0 Å². The quantitative estimate of drug-likeness (QED) is 0.769. The number of hydrogen-bond acceptors (Lipinski definition) is 3. The van der Waals surface area contributed by atoms with Crippen molar-refractivity contribution < 1.29 is 18.3 Å². The first kappa shape index (κ1) is 19.4. The van der Waals surface area contributed by atoms with E-state index in [-0.39, 0.29) is 0 Å². The van der Waals surface area contributed by atoms with Gasteiger partial charge in [0.1, 0.15) is 5.60 Å². The van der Waals surface area contributed by atoms with Crippen molar-refractivity contribution in [3.8, 4) is 0 Å². The van der Waals surface area contributed by atoms with Crippen LogP contribution in [0.1, 0.15) is 39.7 Å². The van der Waals surface area contributed by atoms with Gasteiger partial charge in [-0.25, -0.2) is 13.6 Å². The van der Waals surface area contributed by atoms with Gasteiger partial charge in [0.25, 0.3) is 5.92 Å². The number of alkyl carbamates (subject to hydrolysis) is 1. The minimum absolute atomic E-state index is 0.360.